The molecule has 11 aromatic rings. The second-order valence-electron chi connectivity index (χ2n) is 15.2. The van der Waals surface area contributed by atoms with Crippen molar-refractivity contribution >= 4 is 43.1 Å². The second kappa shape index (κ2) is 14.6. The molecule has 1 heteroatoms. The van der Waals surface area contributed by atoms with Crippen molar-refractivity contribution in [3.63, 3.8) is 0 Å². The minimum Gasteiger partial charge on any atom is -0.456 e. The van der Waals surface area contributed by atoms with Gasteiger partial charge in [-0.2, -0.15) is 0 Å². The lowest BCUT2D eigenvalue weighted by molar-refractivity contribution is 0.494. The van der Waals surface area contributed by atoms with Gasteiger partial charge in [0, 0.05) is 10.8 Å². The van der Waals surface area contributed by atoms with Crippen LogP contribution in [0.2, 0.25) is 0 Å². The molecule has 11 aromatic carbocycles. The average molecular weight is 751 g/mol. The summed E-state index contributed by atoms with van der Waals surface area (Å²) in [4.78, 5) is 0. The van der Waals surface area contributed by atoms with Crippen molar-refractivity contribution < 1.29 is 4.74 Å². The Bertz CT molecular complexity index is 3240. The summed E-state index contributed by atoms with van der Waals surface area (Å²) in [5, 5.41) is 9.46. The molecule has 0 amide bonds. The van der Waals surface area contributed by atoms with Crippen LogP contribution in [-0.2, 0) is 0 Å². The van der Waals surface area contributed by atoms with Crippen LogP contribution in [0.25, 0.3) is 98.7 Å². The van der Waals surface area contributed by atoms with Crippen molar-refractivity contribution in [3.8, 4) is 67.1 Å². The Kier molecular flexibility index (Phi) is 8.56. The summed E-state index contributed by atoms with van der Waals surface area (Å²) in [6.45, 7) is 0. The number of ether oxygens (including phenoxy) is 1. The largest absolute Gasteiger partial charge is 0.456 e. The lowest BCUT2D eigenvalue weighted by atomic mass is 9.84. The van der Waals surface area contributed by atoms with Gasteiger partial charge in [0.1, 0.15) is 11.5 Å². The van der Waals surface area contributed by atoms with Gasteiger partial charge in [-0.3, -0.25) is 0 Å². The van der Waals surface area contributed by atoms with Gasteiger partial charge in [0.05, 0.1) is 0 Å². The van der Waals surface area contributed by atoms with Crippen molar-refractivity contribution in [2.45, 2.75) is 0 Å². The molecule has 11 rings (SSSR count). The molecule has 0 radical (unpaired) electrons. The molecule has 0 saturated heterocycles. The van der Waals surface area contributed by atoms with Crippen LogP contribution in [0.5, 0.6) is 11.5 Å². The lowest BCUT2D eigenvalue weighted by Crippen LogP contribution is -1.93. The fourth-order valence-electron chi connectivity index (χ4n) is 8.99. The first-order valence-electron chi connectivity index (χ1n) is 20.3. The van der Waals surface area contributed by atoms with Gasteiger partial charge in [-0.05, 0) is 106 Å². The smallest absolute Gasteiger partial charge is 0.143 e. The van der Waals surface area contributed by atoms with Gasteiger partial charge < -0.3 is 4.74 Å². The minimum atomic E-state index is 0.811. The van der Waals surface area contributed by atoms with Crippen molar-refractivity contribution in [2.24, 2.45) is 0 Å². The van der Waals surface area contributed by atoms with Crippen molar-refractivity contribution in [2.75, 3.05) is 0 Å². The second-order valence-corrected chi connectivity index (χ2v) is 15.2. The van der Waals surface area contributed by atoms with E-state index in [1.165, 1.54) is 71.6 Å². The van der Waals surface area contributed by atoms with E-state index >= 15 is 0 Å². The molecule has 0 fully saturated rings. The molecule has 0 aliphatic heterocycles. The number of hydrogen-bond donors (Lipinski definition) is 0. The molecular weight excluding hydrogens is 713 g/mol. The molecule has 0 aliphatic rings. The van der Waals surface area contributed by atoms with E-state index in [-0.39, 0.29) is 0 Å². The molecule has 0 atom stereocenters. The molecule has 0 N–H and O–H groups in total. The molecule has 59 heavy (non-hydrogen) atoms. The highest BCUT2D eigenvalue weighted by Gasteiger charge is 2.20. The highest BCUT2D eigenvalue weighted by molar-refractivity contribution is 6.22. The van der Waals surface area contributed by atoms with E-state index in [1.54, 1.807) is 0 Å². The summed E-state index contributed by atoms with van der Waals surface area (Å²) >= 11 is 0. The van der Waals surface area contributed by atoms with Crippen LogP contribution in [0, 0.1) is 0 Å². The number of benzene rings is 11. The average Bonchev–Trinajstić information content (AvgIpc) is 3.32. The minimum absolute atomic E-state index is 0.811. The highest BCUT2D eigenvalue weighted by atomic mass is 16.5. The summed E-state index contributed by atoms with van der Waals surface area (Å²) in [5.74, 6) is 1.68. The van der Waals surface area contributed by atoms with Gasteiger partial charge in [-0.25, -0.2) is 0 Å². The summed E-state index contributed by atoms with van der Waals surface area (Å²) in [7, 11) is 0. The Balaban J connectivity index is 1.06. The van der Waals surface area contributed by atoms with Crippen LogP contribution in [-0.4, -0.2) is 0 Å². The Labute approximate surface area is 344 Å². The van der Waals surface area contributed by atoms with Gasteiger partial charge in [0.2, 0.25) is 0 Å². The monoisotopic (exact) mass is 750 g/mol. The van der Waals surface area contributed by atoms with Crippen LogP contribution in [0.3, 0.4) is 0 Å². The van der Waals surface area contributed by atoms with Crippen LogP contribution < -0.4 is 4.74 Å². The summed E-state index contributed by atoms with van der Waals surface area (Å²) in [6.07, 6.45) is 0. The van der Waals surface area contributed by atoms with Gasteiger partial charge in [0.15, 0.2) is 0 Å². The Hall–Kier alpha value is -7.74. The molecule has 276 valence electrons. The number of fused-ring (bicyclic) bond motifs is 4. The topological polar surface area (TPSA) is 9.23 Å². The van der Waals surface area contributed by atoms with E-state index in [9.17, 15) is 0 Å². The van der Waals surface area contributed by atoms with E-state index in [0.29, 0.717) is 0 Å². The zero-order valence-electron chi connectivity index (χ0n) is 32.3. The SMILES string of the molecule is c1ccc(-c2ccc(Oc3c4ccccc4c(-c4ccc(-c5c6ccccc6c(-c6ccccc6)c6cc(-c7ccccc7)ccc56)cc4)c4ccccc34)cc2)cc1. The predicted octanol–water partition coefficient (Wildman–Crippen LogP) is 16.4. The van der Waals surface area contributed by atoms with E-state index < -0.39 is 0 Å². The summed E-state index contributed by atoms with van der Waals surface area (Å²) in [5.41, 5.74) is 12.1. The van der Waals surface area contributed by atoms with E-state index in [1.807, 2.05) is 6.07 Å². The maximum absolute atomic E-state index is 6.82. The van der Waals surface area contributed by atoms with Crippen molar-refractivity contribution in [1.82, 2.24) is 0 Å². The first kappa shape index (κ1) is 34.5. The maximum atomic E-state index is 6.82. The van der Waals surface area contributed by atoms with Crippen molar-refractivity contribution in [3.05, 3.63) is 231 Å². The van der Waals surface area contributed by atoms with Crippen LogP contribution >= 0.6 is 0 Å². The first-order valence-corrected chi connectivity index (χ1v) is 20.3. The third-order valence-corrected chi connectivity index (χ3v) is 11.7. The quantitative estimate of drug-likeness (QED) is 0.147. The zero-order chi connectivity index (χ0) is 39.1. The Morgan fingerprint density at radius 1 is 0.203 bits per heavy atom. The van der Waals surface area contributed by atoms with Gasteiger partial charge >= 0.3 is 0 Å². The molecule has 0 saturated carbocycles. The molecular formula is C58H38O. The van der Waals surface area contributed by atoms with Crippen LogP contribution in [0.15, 0.2) is 231 Å². The van der Waals surface area contributed by atoms with Gasteiger partial charge in [-0.15, -0.1) is 0 Å². The Morgan fingerprint density at radius 3 is 1.00 bits per heavy atom. The zero-order valence-corrected chi connectivity index (χ0v) is 32.3. The summed E-state index contributed by atoms with van der Waals surface area (Å²) in [6, 6.07) is 82.8. The molecule has 0 unspecified atom stereocenters. The third-order valence-electron chi connectivity index (χ3n) is 11.7. The number of rotatable bonds is 7. The molecule has 0 aliphatic carbocycles. The fourth-order valence-corrected chi connectivity index (χ4v) is 8.99. The summed E-state index contributed by atoms with van der Waals surface area (Å²) < 4.78 is 6.82. The maximum Gasteiger partial charge on any atom is 0.143 e. The molecule has 0 bridgehead atoms. The van der Waals surface area contributed by atoms with Crippen LogP contribution in [0.1, 0.15) is 0 Å². The first-order chi connectivity index (χ1) is 29.3. The molecule has 0 heterocycles. The molecule has 1 nitrogen and oxygen atoms in total. The van der Waals surface area contributed by atoms with Gasteiger partial charge in [0.25, 0.3) is 0 Å². The fraction of sp³-hybridized carbons (Fsp3) is 0. The van der Waals surface area contributed by atoms with E-state index in [2.05, 4.69) is 224 Å². The van der Waals surface area contributed by atoms with Crippen molar-refractivity contribution in [1.29, 1.82) is 0 Å². The standard InChI is InChI=1S/C58H38O/c1-4-16-39(17-5-1)41-32-35-46(36-33-41)59-58-52-26-14-12-24-49(52)56(50-25-13-15-27-53(50)58)44-30-28-43(29-31-44)55-47-22-10-11-23-48(47)57(42-20-8-3-9-21-42)54-38-45(34-37-51(54)55)40-18-6-2-7-19-40/h1-38H. The predicted molar refractivity (Wildman–Crippen MR) is 250 cm³/mol. The lowest BCUT2D eigenvalue weighted by Gasteiger charge is -2.20. The van der Waals surface area contributed by atoms with E-state index in [0.717, 1.165) is 38.6 Å². The molecule has 0 aromatic heterocycles. The van der Waals surface area contributed by atoms with Crippen LogP contribution in [0.4, 0.5) is 0 Å². The third kappa shape index (κ3) is 6.12. The Morgan fingerprint density at radius 2 is 0.508 bits per heavy atom. The number of hydrogen-bond acceptors (Lipinski definition) is 1. The highest BCUT2D eigenvalue weighted by Crippen LogP contribution is 2.47. The van der Waals surface area contributed by atoms with E-state index in [4.69, 9.17) is 4.74 Å². The normalized spacial score (nSPS) is 11.4. The molecule has 0 spiro atoms. The van der Waals surface area contributed by atoms with Gasteiger partial charge in [-0.1, -0.05) is 212 Å².